The Morgan fingerprint density at radius 2 is 2.26 bits per heavy atom. The number of nitrogens with zero attached hydrogens (tertiary/aromatic N) is 2. The molecule has 2 N–H and O–H groups in total. The lowest BCUT2D eigenvalue weighted by Crippen LogP contribution is -2.37. The van der Waals surface area contributed by atoms with Crippen molar-refractivity contribution in [2.24, 2.45) is 5.92 Å². The van der Waals surface area contributed by atoms with Crippen LogP contribution in [0.4, 0.5) is 5.82 Å². The Hall–Kier alpha value is -1.18. The van der Waals surface area contributed by atoms with Gasteiger partial charge in [0.2, 0.25) is 10.0 Å². The normalized spacial score (nSPS) is 20.5. The zero-order chi connectivity index (χ0) is 16.9. The molecule has 1 fully saturated rings. The molecule has 2 heterocycles. The van der Waals surface area contributed by atoms with E-state index in [4.69, 9.17) is 0 Å². The quantitative estimate of drug-likeness (QED) is 0.790. The maximum atomic E-state index is 12.3. The van der Waals surface area contributed by atoms with Crippen LogP contribution in [-0.4, -0.2) is 44.2 Å². The Labute approximate surface area is 139 Å². The van der Waals surface area contributed by atoms with E-state index < -0.39 is 10.0 Å². The second-order valence-corrected chi connectivity index (χ2v) is 8.01. The number of hydrogen-bond acceptors (Lipinski definition) is 5. The predicted molar refractivity (Wildman–Crippen MR) is 91.0 cm³/mol. The number of anilines is 1. The van der Waals surface area contributed by atoms with Crippen LogP contribution in [0.5, 0.6) is 0 Å². The van der Waals surface area contributed by atoms with E-state index in [1.807, 2.05) is 13.8 Å². The van der Waals surface area contributed by atoms with Gasteiger partial charge in [0.05, 0.1) is 0 Å². The first-order chi connectivity index (χ1) is 11.0. The van der Waals surface area contributed by atoms with Crippen LogP contribution in [0.25, 0.3) is 0 Å². The van der Waals surface area contributed by atoms with E-state index >= 15 is 0 Å². The van der Waals surface area contributed by atoms with E-state index in [1.165, 1.54) is 6.20 Å². The second-order valence-electron chi connectivity index (χ2n) is 6.30. The second kappa shape index (κ2) is 8.08. The maximum absolute atomic E-state index is 12.3. The Bertz CT molecular complexity index is 589. The molecular formula is C16H27N3O3S. The van der Waals surface area contributed by atoms with E-state index in [2.05, 4.69) is 14.6 Å². The van der Waals surface area contributed by atoms with Crippen molar-refractivity contribution in [2.75, 3.05) is 24.6 Å². The number of sulfonamides is 1. The minimum Gasteiger partial charge on any atom is -0.396 e. The van der Waals surface area contributed by atoms with E-state index in [0.29, 0.717) is 0 Å². The SMILES string of the molecule is CCCC(C)NS(=O)(=O)c1ccc(N2CCCC(CO)C2)nc1. The van der Waals surface area contributed by atoms with Crippen LogP contribution in [0.2, 0.25) is 0 Å². The van der Waals surface area contributed by atoms with Gasteiger partial charge in [0.15, 0.2) is 0 Å². The van der Waals surface area contributed by atoms with Crippen LogP contribution in [0.3, 0.4) is 0 Å². The highest BCUT2D eigenvalue weighted by atomic mass is 32.2. The highest BCUT2D eigenvalue weighted by Crippen LogP contribution is 2.22. The van der Waals surface area contributed by atoms with E-state index in [0.717, 1.165) is 44.6 Å². The molecule has 1 aliphatic heterocycles. The fourth-order valence-corrected chi connectivity index (χ4v) is 4.19. The zero-order valence-corrected chi connectivity index (χ0v) is 14.7. The first-order valence-corrected chi connectivity index (χ1v) is 9.78. The van der Waals surface area contributed by atoms with Crippen molar-refractivity contribution in [3.63, 3.8) is 0 Å². The highest BCUT2D eigenvalue weighted by molar-refractivity contribution is 7.89. The standard InChI is InChI=1S/C16H27N3O3S/c1-3-5-13(2)18-23(21,22)15-7-8-16(17-10-15)19-9-4-6-14(11-19)12-20/h7-8,10,13-14,18,20H,3-6,9,11-12H2,1-2H3. The van der Waals surface area contributed by atoms with Crippen molar-refractivity contribution in [3.05, 3.63) is 18.3 Å². The summed E-state index contributed by atoms with van der Waals surface area (Å²) < 4.78 is 27.3. The molecule has 1 aromatic rings. The number of hydrogen-bond donors (Lipinski definition) is 2. The molecule has 130 valence electrons. The molecule has 1 aromatic heterocycles. The van der Waals surface area contributed by atoms with Gasteiger partial charge in [0.25, 0.3) is 0 Å². The molecule has 0 saturated carbocycles. The predicted octanol–water partition coefficient (Wildman–Crippen LogP) is 1.76. The molecule has 2 atom stereocenters. The van der Waals surface area contributed by atoms with Gasteiger partial charge in [0.1, 0.15) is 10.7 Å². The van der Waals surface area contributed by atoms with E-state index in [9.17, 15) is 13.5 Å². The summed E-state index contributed by atoms with van der Waals surface area (Å²) in [6.07, 6.45) is 5.20. The van der Waals surface area contributed by atoms with Crippen LogP contribution in [0.15, 0.2) is 23.2 Å². The fraction of sp³-hybridized carbons (Fsp3) is 0.688. The van der Waals surface area contributed by atoms with Crippen LogP contribution < -0.4 is 9.62 Å². The minimum absolute atomic E-state index is 0.0860. The average Bonchev–Trinajstić information content (AvgIpc) is 2.55. The highest BCUT2D eigenvalue weighted by Gasteiger charge is 2.22. The summed E-state index contributed by atoms with van der Waals surface area (Å²) in [7, 11) is -3.52. The molecule has 0 bridgehead atoms. The summed E-state index contributed by atoms with van der Waals surface area (Å²) in [6, 6.07) is 3.27. The van der Waals surface area contributed by atoms with Gasteiger partial charge in [-0.1, -0.05) is 13.3 Å². The largest absolute Gasteiger partial charge is 0.396 e. The average molecular weight is 341 g/mol. The Kier molecular flexibility index (Phi) is 6.38. The van der Waals surface area contributed by atoms with Crippen molar-refractivity contribution in [1.82, 2.24) is 9.71 Å². The molecule has 0 aliphatic carbocycles. The van der Waals surface area contributed by atoms with Crippen molar-refractivity contribution in [3.8, 4) is 0 Å². The van der Waals surface area contributed by atoms with E-state index in [-0.39, 0.29) is 23.5 Å². The number of aliphatic hydroxyl groups excluding tert-OH is 1. The Morgan fingerprint density at radius 3 is 2.87 bits per heavy atom. The van der Waals surface area contributed by atoms with Crippen molar-refractivity contribution < 1.29 is 13.5 Å². The van der Waals surface area contributed by atoms with Gasteiger partial charge >= 0.3 is 0 Å². The molecule has 0 spiro atoms. The molecule has 6 nitrogen and oxygen atoms in total. The molecule has 0 radical (unpaired) electrons. The smallest absolute Gasteiger partial charge is 0.242 e. The van der Waals surface area contributed by atoms with Crippen molar-refractivity contribution in [1.29, 1.82) is 0 Å². The molecule has 1 saturated heterocycles. The minimum atomic E-state index is -3.52. The topological polar surface area (TPSA) is 82.5 Å². The summed E-state index contributed by atoms with van der Waals surface area (Å²) >= 11 is 0. The van der Waals surface area contributed by atoms with Gasteiger partial charge in [-0.2, -0.15) is 0 Å². The molecule has 2 unspecified atom stereocenters. The third-order valence-electron chi connectivity index (χ3n) is 4.21. The summed E-state index contributed by atoms with van der Waals surface area (Å²) in [5.74, 6) is 1.04. The lowest BCUT2D eigenvalue weighted by Gasteiger charge is -2.32. The van der Waals surface area contributed by atoms with Crippen LogP contribution in [0, 0.1) is 5.92 Å². The molecule has 23 heavy (non-hydrogen) atoms. The fourth-order valence-electron chi connectivity index (χ4n) is 2.97. The lowest BCUT2D eigenvalue weighted by atomic mass is 9.99. The van der Waals surface area contributed by atoms with Crippen molar-refractivity contribution in [2.45, 2.75) is 50.5 Å². The van der Waals surface area contributed by atoms with Crippen LogP contribution in [-0.2, 0) is 10.0 Å². The first-order valence-electron chi connectivity index (χ1n) is 8.30. The molecule has 2 rings (SSSR count). The summed E-state index contributed by atoms with van der Waals surface area (Å²) in [4.78, 5) is 6.62. The summed E-state index contributed by atoms with van der Waals surface area (Å²) in [5, 5.41) is 9.30. The number of aliphatic hydroxyl groups is 1. The summed E-state index contributed by atoms with van der Waals surface area (Å²) in [5.41, 5.74) is 0. The maximum Gasteiger partial charge on any atom is 0.242 e. The van der Waals surface area contributed by atoms with Gasteiger partial charge in [0, 0.05) is 31.9 Å². The molecule has 7 heteroatoms. The number of piperidine rings is 1. The third kappa shape index (κ3) is 4.89. The van der Waals surface area contributed by atoms with Gasteiger partial charge in [-0.05, 0) is 44.2 Å². The van der Waals surface area contributed by atoms with Gasteiger partial charge in [-0.25, -0.2) is 18.1 Å². The molecular weight excluding hydrogens is 314 g/mol. The Morgan fingerprint density at radius 1 is 1.48 bits per heavy atom. The van der Waals surface area contributed by atoms with Gasteiger partial charge < -0.3 is 10.0 Å². The van der Waals surface area contributed by atoms with Crippen LogP contribution in [0.1, 0.15) is 39.5 Å². The zero-order valence-electron chi connectivity index (χ0n) is 13.9. The van der Waals surface area contributed by atoms with Crippen molar-refractivity contribution >= 4 is 15.8 Å². The van der Waals surface area contributed by atoms with Gasteiger partial charge in [-0.15, -0.1) is 0 Å². The molecule has 0 aromatic carbocycles. The first kappa shape index (κ1) is 18.2. The third-order valence-corrected chi connectivity index (χ3v) is 5.79. The number of aromatic nitrogens is 1. The molecule has 0 amide bonds. The molecule has 1 aliphatic rings. The number of rotatable bonds is 7. The number of nitrogens with one attached hydrogen (secondary N) is 1. The van der Waals surface area contributed by atoms with Gasteiger partial charge in [-0.3, -0.25) is 0 Å². The Balaban J connectivity index is 2.06. The van der Waals surface area contributed by atoms with Crippen LogP contribution >= 0.6 is 0 Å². The lowest BCUT2D eigenvalue weighted by molar-refractivity contribution is 0.208. The van der Waals surface area contributed by atoms with E-state index in [1.54, 1.807) is 12.1 Å². The monoisotopic (exact) mass is 341 g/mol. The summed E-state index contributed by atoms with van der Waals surface area (Å²) in [6.45, 7) is 5.73. The number of pyridine rings is 1.